The van der Waals surface area contributed by atoms with E-state index >= 15 is 0 Å². The third-order valence-corrected chi connectivity index (χ3v) is 4.47. The molecule has 3 aromatic rings. The quantitative estimate of drug-likeness (QED) is 0.685. The van der Waals surface area contributed by atoms with Gasteiger partial charge in [0.05, 0.1) is 17.8 Å². The number of carbonyl (C=O) groups is 1. The molecule has 2 N–H and O–H groups in total. The summed E-state index contributed by atoms with van der Waals surface area (Å²) < 4.78 is 3.47. The summed E-state index contributed by atoms with van der Waals surface area (Å²) in [6, 6.07) is 5.51. The molecule has 0 aromatic carbocycles. The summed E-state index contributed by atoms with van der Waals surface area (Å²) in [5.41, 5.74) is 1.97. The third kappa shape index (κ3) is 4.47. The molecule has 0 aliphatic carbocycles. The number of anilines is 1. The summed E-state index contributed by atoms with van der Waals surface area (Å²) in [5, 5.41) is 14.9. The molecule has 1 aliphatic heterocycles. The highest BCUT2D eigenvalue weighted by atomic mass is 35.5. The van der Waals surface area contributed by atoms with E-state index in [2.05, 4.69) is 25.8 Å². The van der Waals surface area contributed by atoms with Crippen molar-refractivity contribution in [1.82, 2.24) is 29.9 Å². The third-order valence-electron chi connectivity index (χ3n) is 4.47. The van der Waals surface area contributed by atoms with Gasteiger partial charge in [-0.05, 0) is 17.7 Å². The first-order chi connectivity index (χ1) is 12.2. The van der Waals surface area contributed by atoms with E-state index < -0.39 is 0 Å². The van der Waals surface area contributed by atoms with Gasteiger partial charge in [-0.15, -0.1) is 24.8 Å². The van der Waals surface area contributed by atoms with Gasteiger partial charge in [0.15, 0.2) is 5.82 Å². The molecule has 10 heteroatoms. The van der Waals surface area contributed by atoms with Gasteiger partial charge in [-0.2, -0.15) is 10.2 Å². The van der Waals surface area contributed by atoms with Crippen LogP contribution in [0.4, 0.5) is 5.82 Å². The highest BCUT2D eigenvalue weighted by Gasteiger charge is 2.34. The standard InChI is InChI=1S/C17H19N7O.2ClH/c1-23-11-12(8-20-23)14-9-19-10-15(14)17(25)21-16-4-7-24(22-16)13-2-5-18-6-3-13;;/h2-8,11,14-15,19H,9-10H2,1H3,(H,21,22,25);2*1H/t14-,15+;;/m1../s1. The smallest absolute Gasteiger partial charge is 0.230 e. The zero-order valence-electron chi connectivity index (χ0n) is 14.6. The van der Waals surface area contributed by atoms with Crippen LogP contribution >= 0.6 is 24.8 Å². The Morgan fingerprint density at radius 2 is 2.00 bits per heavy atom. The van der Waals surface area contributed by atoms with Gasteiger partial charge in [0, 0.05) is 56.9 Å². The minimum Gasteiger partial charge on any atom is -0.315 e. The lowest BCUT2D eigenvalue weighted by Gasteiger charge is -2.16. The molecule has 144 valence electrons. The van der Waals surface area contributed by atoms with Crippen LogP contribution in [-0.4, -0.2) is 43.5 Å². The molecule has 0 radical (unpaired) electrons. The lowest BCUT2D eigenvalue weighted by atomic mass is 9.90. The van der Waals surface area contributed by atoms with Gasteiger partial charge in [0.1, 0.15) is 0 Å². The molecule has 0 unspecified atom stereocenters. The normalized spacial score (nSPS) is 18.4. The van der Waals surface area contributed by atoms with Gasteiger partial charge in [-0.3, -0.25) is 14.5 Å². The fraction of sp³-hybridized carbons (Fsp3) is 0.294. The predicted octanol–water partition coefficient (Wildman–Crippen LogP) is 1.79. The molecule has 1 fully saturated rings. The van der Waals surface area contributed by atoms with Crippen molar-refractivity contribution in [2.45, 2.75) is 5.92 Å². The Hall–Kier alpha value is -2.42. The van der Waals surface area contributed by atoms with Crippen molar-refractivity contribution in [3.63, 3.8) is 0 Å². The lowest BCUT2D eigenvalue weighted by molar-refractivity contribution is -0.119. The van der Waals surface area contributed by atoms with Crippen molar-refractivity contribution in [3.8, 4) is 5.69 Å². The molecule has 0 saturated carbocycles. The van der Waals surface area contributed by atoms with Gasteiger partial charge in [-0.25, -0.2) is 4.68 Å². The topological polar surface area (TPSA) is 89.7 Å². The summed E-state index contributed by atoms with van der Waals surface area (Å²) in [5.74, 6) is 0.490. The summed E-state index contributed by atoms with van der Waals surface area (Å²) in [4.78, 5) is 16.7. The monoisotopic (exact) mass is 409 g/mol. The number of nitrogens with one attached hydrogen (secondary N) is 2. The highest BCUT2D eigenvalue weighted by Crippen LogP contribution is 2.28. The molecule has 0 bridgehead atoms. The summed E-state index contributed by atoms with van der Waals surface area (Å²) in [7, 11) is 1.88. The number of carbonyl (C=O) groups excluding carboxylic acids is 1. The molecule has 8 nitrogen and oxygen atoms in total. The van der Waals surface area contributed by atoms with E-state index in [0.717, 1.165) is 17.8 Å². The molecule has 0 spiro atoms. The van der Waals surface area contributed by atoms with E-state index in [-0.39, 0.29) is 42.6 Å². The van der Waals surface area contributed by atoms with Crippen molar-refractivity contribution < 1.29 is 4.79 Å². The van der Waals surface area contributed by atoms with E-state index in [1.807, 2.05) is 37.8 Å². The second kappa shape index (κ2) is 8.98. The number of halogens is 2. The van der Waals surface area contributed by atoms with Crippen molar-refractivity contribution in [3.05, 3.63) is 54.7 Å². The summed E-state index contributed by atoms with van der Waals surface area (Å²) >= 11 is 0. The minimum absolute atomic E-state index is 0. The summed E-state index contributed by atoms with van der Waals surface area (Å²) in [6.07, 6.45) is 9.03. The maximum atomic E-state index is 12.7. The van der Waals surface area contributed by atoms with Gasteiger partial charge >= 0.3 is 0 Å². The first-order valence-electron chi connectivity index (χ1n) is 8.17. The number of pyridine rings is 1. The Kier molecular flexibility index (Phi) is 6.95. The van der Waals surface area contributed by atoms with Crippen LogP contribution < -0.4 is 10.6 Å². The van der Waals surface area contributed by atoms with Crippen LogP contribution in [0.25, 0.3) is 5.69 Å². The fourth-order valence-electron chi connectivity index (χ4n) is 3.19. The SMILES string of the molecule is Cl.Cl.Cn1cc([C@H]2CNC[C@@H]2C(=O)Nc2ccn(-c3ccncc3)n2)cn1. The van der Waals surface area contributed by atoms with Crippen molar-refractivity contribution in [2.24, 2.45) is 13.0 Å². The van der Waals surface area contributed by atoms with Crippen LogP contribution in [0, 0.1) is 5.92 Å². The average molecular weight is 410 g/mol. The van der Waals surface area contributed by atoms with Gasteiger partial charge in [-0.1, -0.05) is 0 Å². The molecular weight excluding hydrogens is 389 g/mol. The minimum atomic E-state index is -0.143. The van der Waals surface area contributed by atoms with Crippen LogP contribution in [0.2, 0.25) is 0 Å². The second-order valence-corrected chi connectivity index (χ2v) is 6.16. The fourth-order valence-corrected chi connectivity index (χ4v) is 3.19. The Morgan fingerprint density at radius 1 is 1.22 bits per heavy atom. The van der Waals surface area contributed by atoms with E-state index in [1.54, 1.807) is 27.8 Å². The Bertz CT molecular complexity index is 880. The van der Waals surface area contributed by atoms with Crippen LogP contribution in [-0.2, 0) is 11.8 Å². The molecule has 2 atom stereocenters. The second-order valence-electron chi connectivity index (χ2n) is 6.16. The largest absolute Gasteiger partial charge is 0.315 e. The molecule has 3 aromatic heterocycles. The Balaban J connectivity index is 0.00000131. The Labute approximate surface area is 169 Å². The molecule has 4 rings (SSSR count). The number of hydrogen-bond acceptors (Lipinski definition) is 5. The van der Waals surface area contributed by atoms with Crippen molar-refractivity contribution in [1.29, 1.82) is 0 Å². The van der Waals surface area contributed by atoms with Crippen LogP contribution in [0.15, 0.2) is 49.2 Å². The van der Waals surface area contributed by atoms with E-state index in [9.17, 15) is 4.79 Å². The number of nitrogens with zero attached hydrogens (tertiary/aromatic N) is 5. The van der Waals surface area contributed by atoms with Crippen LogP contribution in [0.1, 0.15) is 11.5 Å². The number of aromatic nitrogens is 5. The number of amides is 1. The van der Waals surface area contributed by atoms with E-state index in [1.165, 1.54) is 0 Å². The maximum absolute atomic E-state index is 12.7. The average Bonchev–Trinajstić information content (AvgIpc) is 3.35. The molecule has 27 heavy (non-hydrogen) atoms. The number of aryl methyl sites for hydroxylation is 1. The van der Waals surface area contributed by atoms with E-state index in [0.29, 0.717) is 12.4 Å². The maximum Gasteiger partial charge on any atom is 0.230 e. The van der Waals surface area contributed by atoms with Crippen molar-refractivity contribution >= 4 is 36.5 Å². The number of hydrogen-bond donors (Lipinski definition) is 2. The zero-order chi connectivity index (χ0) is 17.2. The highest BCUT2D eigenvalue weighted by molar-refractivity contribution is 5.92. The first-order valence-corrected chi connectivity index (χ1v) is 8.17. The predicted molar refractivity (Wildman–Crippen MR) is 107 cm³/mol. The van der Waals surface area contributed by atoms with Gasteiger partial charge in [0.2, 0.25) is 5.91 Å². The molecular formula is C17H21Cl2N7O. The molecule has 1 amide bonds. The van der Waals surface area contributed by atoms with Crippen LogP contribution in [0.3, 0.4) is 0 Å². The zero-order valence-corrected chi connectivity index (χ0v) is 16.3. The summed E-state index contributed by atoms with van der Waals surface area (Å²) in [6.45, 7) is 1.42. The Morgan fingerprint density at radius 3 is 2.70 bits per heavy atom. The van der Waals surface area contributed by atoms with Gasteiger partial charge < -0.3 is 10.6 Å². The molecule has 1 aliphatic rings. The van der Waals surface area contributed by atoms with Crippen LogP contribution in [0.5, 0.6) is 0 Å². The molecule has 1 saturated heterocycles. The molecule has 4 heterocycles. The lowest BCUT2D eigenvalue weighted by Crippen LogP contribution is -2.28. The number of rotatable bonds is 4. The van der Waals surface area contributed by atoms with Gasteiger partial charge in [0.25, 0.3) is 0 Å². The van der Waals surface area contributed by atoms with E-state index in [4.69, 9.17) is 0 Å². The first kappa shape index (κ1) is 20.9. The van der Waals surface area contributed by atoms with Crippen molar-refractivity contribution in [2.75, 3.05) is 18.4 Å².